The molecule has 0 saturated heterocycles. The standard InChI is InChI=1S/C33H66N2/c1-4-7-10-13-16-17-18-21-24-27-30-35-32-31-34(29-26-23-20-15-12-9-6-3)33(35)28-25-22-19-14-11-8-5-2/h31-33H,4-30H2,1-3H3. The molecule has 1 rings (SSSR count). The molecule has 0 fully saturated rings. The van der Waals surface area contributed by atoms with E-state index in [4.69, 9.17) is 0 Å². The Morgan fingerprint density at radius 3 is 1.00 bits per heavy atom. The average Bonchev–Trinajstić information content (AvgIpc) is 3.25. The molecule has 0 aromatic heterocycles. The third-order valence-corrected chi connectivity index (χ3v) is 8.07. The number of unbranched alkanes of at least 4 members (excludes halogenated alkanes) is 21. The molecule has 1 heterocycles. The Bertz CT molecular complexity index is 446. The third-order valence-electron chi connectivity index (χ3n) is 8.07. The van der Waals surface area contributed by atoms with Gasteiger partial charge in [-0.2, -0.15) is 0 Å². The zero-order valence-electron chi connectivity index (χ0n) is 24.7. The number of hydrogen-bond acceptors (Lipinski definition) is 2. The van der Waals surface area contributed by atoms with Gasteiger partial charge < -0.3 is 9.80 Å². The Morgan fingerprint density at radius 1 is 0.371 bits per heavy atom. The van der Waals surface area contributed by atoms with Crippen molar-refractivity contribution in [1.82, 2.24) is 9.80 Å². The highest BCUT2D eigenvalue weighted by molar-refractivity contribution is 4.97. The van der Waals surface area contributed by atoms with Crippen LogP contribution in [-0.4, -0.2) is 29.1 Å². The molecule has 1 atom stereocenters. The number of rotatable bonds is 27. The highest BCUT2D eigenvalue weighted by Crippen LogP contribution is 2.24. The summed E-state index contributed by atoms with van der Waals surface area (Å²) in [5, 5.41) is 0. The normalized spacial score (nSPS) is 15.6. The van der Waals surface area contributed by atoms with Gasteiger partial charge in [-0.15, -0.1) is 0 Å². The van der Waals surface area contributed by atoms with E-state index in [1.807, 2.05) is 0 Å². The van der Waals surface area contributed by atoms with Crippen LogP contribution in [0.25, 0.3) is 0 Å². The van der Waals surface area contributed by atoms with E-state index in [0.29, 0.717) is 6.17 Å². The van der Waals surface area contributed by atoms with Crippen LogP contribution in [0.15, 0.2) is 12.4 Å². The maximum Gasteiger partial charge on any atom is 0.101 e. The van der Waals surface area contributed by atoms with Crippen molar-refractivity contribution in [1.29, 1.82) is 0 Å². The molecule has 0 radical (unpaired) electrons. The smallest absolute Gasteiger partial charge is 0.101 e. The maximum absolute atomic E-state index is 2.70. The van der Waals surface area contributed by atoms with Gasteiger partial charge in [-0.1, -0.05) is 156 Å². The molecular formula is C33H66N2. The quantitative estimate of drug-likeness (QED) is 0.106. The molecule has 2 heteroatoms. The summed E-state index contributed by atoms with van der Waals surface area (Å²) in [6, 6.07) is 0. The van der Waals surface area contributed by atoms with E-state index in [-0.39, 0.29) is 0 Å². The summed E-state index contributed by atoms with van der Waals surface area (Å²) in [5.41, 5.74) is 0. The Balaban J connectivity index is 2.25. The summed E-state index contributed by atoms with van der Waals surface area (Å²) in [6.07, 6.45) is 41.0. The Hall–Kier alpha value is -0.660. The topological polar surface area (TPSA) is 6.48 Å². The largest absolute Gasteiger partial charge is 0.356 e. The molecule has 0 saturated carbocycles. The Kier molecular flexibility index (Phi) is 23.1. The fourth-order valence-electron chi connectivity index (χ4n) is 5.66. The van der Waals surface area contributed by atoms with Gasteiger partial charge in [-0.25, -0.2) is 0 Å². The SMILES string of the molecule is CCCCCCCCCCCCN1C=CN(CCCCCCCCC)C1CCCCCCCCC. The number of nitrogens with zero attached hydrogens (tertiary/aromatic N) is 2. The van der Waals surface area contributed by atoms with Gasteiger partial charge >= 0.3 is 0 Å². The molecular weight excluding hydrogens is 424 g/mol. The average molecular weight is 491 g/mol. The maximum atomic E-state index is 2.70. The van der Waals surface area contributed by atoms with Crippen LogP contribution in [0.1, 0.15) is 181 Å². The monoisotopic (exact) mass is 491 g/mol. The van der Waals surface area contributed by atoms with E-state index < -0.39 is 0 Å². The van der Waals surface area contributed by atoms with Crippen LogP contribution in [0.2, 0.25) is 0 Å². The zero-order chi connectivity index (χ0) is 25.2. The molecule has 0 aliphatic carbocycles. The fraction of sp³-hybridized carbons (Fsp3) is 0.939. The van der Waals surface area contributed by atoms with Crippen molar-refractivity contribution in [2.24, 2.45) is 0 Å². The predicted molar refractivity (Wildman–Crippen MR) is 159 cm³/mol. The molecule has 1 aliphatic rings. The summed E-state index contributed by atoms with van der Waals surface area (Å²) in [7, 11) is 0. The summed E-state index contributed by atoms with van der Waals surface area (Å²) >= 11 is 0. The van der Waals surface area contributed by atoms with Crippen LogP contribution in [-0.2, 0) is 0 Å². The van der Waals surface area contributed by atoms with Gasteiger partial charge in [-0.3, -0.25) is 0 Å². The minimum atomic E-state index is 0.643. The van der Waals surface area contributed by atoms with Gasteiger partial charge in [0.25, 0.3) is 0 Å². The van der Waals surface area contributed by atoms with E-state index in [1.165, 1.54) is 174 Å². The first-order chi connectivity index (χ1) is 17.3. The molecule has 0 aromatic carbocycles. The van der Waals surface area contributed by atoms with Crippen LogP contribution >= 0.6 is 0 Å². The van der Waals surface area contributed by atoms with E-state index in [9.17, 15) is 0 Å². The van der Waals surface area contributed by atoms with Gasteiger partial charge in [0, 0.05) is 25.5 Å². The second kappa shape index (κ2) is 25.0. The summed E-state index contributed by atoms with van der Waals surface area (Å²) in [5.74, 6) is 0. The molecule has 1 aliphatic heterocycles. The van der Waals surface area contributed by atoms with Crippen LogP contribution in [0.5, 0.6) is 0 Å². The highest BCUT2D eigenvalue weighted by atomic mass is 15.4. The van der Waals surface area contributed by atoms with E-state index in [1.54, 1.807) is 0 Å². The van der Waals surface area contributed by atoms with Crippen molar-refractivity contribution in [3.63, 3.8) is 0 Å². The summed E-state index contributed by atoms with van der Waals surface area (Å²) in [6.45, 7) is 9.47. The van der Waals surface area contributed by atoms with E-state index in [0.717, 1.165) is 0 Å². The highest BCUT2D eigenvalue weighted by Gasteiger charge is 2.24. The van der Waals surface area contributed by atoms with Gasteiger partial charge in [0.2, 0.25) is 0 Å². The lowest BCUT2D eigenvalue weighted by atomic mass is 10.1. The molecule has 0 amide bonds. The molecule has 0 bridgehead atoms. The Morgan fingerprint density at radius 2 is 0.657 bits per heavy atom. The summed E-state index contributed by atoms with van der Waals surface area (Å²) < 4.78 is 0. The second-order valence-corrected chi connectivity index (χ2v) is 11.5. The third kappa shape index (κ3) is 18.3. The molecule has 208 valence electrons. The second-order valence-electron chi connectivity index (χ2n) is 11.5. The predicted octanol–water partition coefficient (Wildman–Crippen LogP) is 11.2. The van der Waals surface area contributed by atoms with E-state index in [2.05, 4.69) is 43.0 Å². The molecule has 1 unspecified atom stereocenters. The molecule has 2 nitrogen and oxygen atoms in total. The minimum Gasteiger partial charge on any atom is -0.356 e. The first-order valence-corrected chi connectivity index (χ1v) is 16.5. The summed E-state index contributed by atoms with van der Waals surface area (Å²) in [4.78, 5) is 5.39. The van der Waals surface area contributed by atoms with Crippen molar-refractivity contribution in [3.8, 4) is 0 Å². The lowest BCUT2D eigenvalue weighted by molar-refractivity contribution is 0.135. The van der Waals surface area contributed by atoms with Crippen molar-refractivity contribution in [3.05, 3.63) is 12.4 Å². The first-order valence-electron chi connectivity index (χ1n) is 16.5. The Labute approximate surface area is 222 Å². The van der Waals surface area contributed by atoms with Gasteiger partial charge in [-0.05, 0) is 25.7 Å². The van der Waals surface area contributed by atoms with Crippen molar-refractivity contribution >= 4 is 0 Å². The van der Waals surface area contributed by atoms with Crippen molar-refractivity contribution in [2.45, 2.75) is 187 Å². The zero-order valence-corrected chi connectivity index (χ0v) is 24.7. The van der Waals surface area contributed by atoms with Crippen molar-refractivity contribution in [2.75, 3.05) is 13.1 Å². The lowest BCUT2D eigenvalue weighted by Gasteiger charge is -2.33. The molecule has 0 spiro atoms. The van der Waals surface area contributed by atoms with Gasteiger partial charge in [0.1, 0.15) is 6.17 Å². The first kappa shape index (κ1) is 32.4. The molecule has 0 N–H and O–H groups in total. The van der Waals surface area contributed by atoms with Crippen LogP contribution < -0.4 is 0 Å². The lowest BCUT2D eigenvalue weighted by Crippen LogP contribution is -2.39. The molecule has 0 aromatic rings. The van der Waals surface area contributed by atoms with Crippen LogP contribution in [0.3, 0.4) is 0 Å². The van der Waals surface area contributed by atoms with Crippen LogP contribution in [0, 0.1) is 0 Å². The van der Waals surface area contributed by atoms with Gasteiger partial charge in [0.05, 0.1) is 0 Å². The molecule has 35 heavy (non-hydrogen) atoms. The minimum absolute atomic E-state index is 0.643. The van der Waals surface area contributed by atoms with Crippen LogP contribution in [0.4, 0.5) is 0 Å². The van der Waals surface area contributed by atoms with Crippen molar-refractivity contribution < 1.29 is 0 Å². The fourth-order valence-corrected chi connectivity index (χ4v) is 5.66. The number of hydrogen-bond donors (Lipinski definition) is 0. The van der Waals surface area contributed by atoms with E-state index >= 15 is 0 Å². The van der Waals surface area contributed by atoms with Gasteiger partial charge in [0.15, 0.2) is 0 Å².